The van der Waals surface area contributed by atoms with Crippen LogP contribution in [0.15, 0.2) is 0 Å². The topological polar surface area (TPSA) is 6.48 Å². The largest absolute Gasteiger partial charge is 0.301 e. The van der Waals surface area contributed by atoms with E-state index in [-0.39, 0.29) is 0 Å². The number of halogens is 1. The van der Waals surface area contributed by atoms with E-state index in [1.54, 1.807) is 0 Å². The maximum absolute atomic E-state index is 5.67. The molecular formula is C13H27ClN2. The van der Waals surface area contributed by atoms with Crippen LogP contribution >= 0.6 is 11.6 Å². The molecule has 1 unspecified atom stereocenters. The first-order valence-electron chi connectivity index (χ1n) is 6.80. The predicted molar refractivity (Wildman–Crippen MR) is 72.3 cm³/mol. The quantitative estimate of drug-likeness (QED) is 0.504. The second-order valence-electron chi connectivity index (χ2n) is 4.88. The average Bonchev–Trinajstić information content (AvgIpc) is 2.34. The fourth-order valence-electron chi connectivity index (χ4n) is 2.29. The third kappa shape index (κ3) is 5.03. The Morgan fingerprint density at radius 2 is 1.75 bits per heavy atom. The van der Waals surface area contributed by atoms with Crippen LogP contribution in [0.5, 0.6) is 0 Å². The van der Waals surface area contributed by atoms with Crippen molar-refractivity contribution >= 4 is 11.6 Å². The van der Waals surface area contributed by atoms with E-state index in [2.05, 4.69) is 23.6 Å². The number of nitrogens with zero attached hydrogens (tertiary/aromatic N) is 2. The van der Waals surface area contributed by atoms with Crippen LogP contribution in [0, 0.1) is 0 Å². The van der Waals surface area contributed by atoms with Gasteiger partial charge in [0.2, 0.25) is 0 Å². The van der Waals surface area contributed by atoms with Gasteiger partial charge in [0, 0.05) is 38.1 Å². The van der Waals surface area contributed by atoms with Crippen LogP contribution in [-0.2, 0) is 0 Å². The third-order valence-electron chi connectivity index (χ3n) is 3.73. The monoisotopic (exact) mass is 246 g/mol. The third-order valence-corrected chi connectivity index (χ3v) is 4.00. The first-order chi connectivity index (χ1) is 7.77. The van der Waals surface area contributed by atoms with Gasteiger partial charge in [-0.05, 0) is 32.7 Å². The Hall–Kier alpha value is 0.210. The van der Waals surface area contributed by atoms with Gasteiger partial charge in [-0.3, -0.25) is 4.90 Å². The molecule has 1 fully saturated rings. The van der Waals surface area contributed by atoms with Crippen molar-refractivity contribution < 1.29 is 0 Å². The molecule has 3 heteroatoms. The van der Waals surface area contributed by atoms with Crippen LogP contribution in [-0.4, -0.2) is 54.4 Å². The summed E-state index contributed by atoms with van der Waals surface area (Å²) >= 11 is 5.67. The lowest BCUT2D eigenvalue weighted by Gasteiger charge is -2.37. The van der Waals surface area contributed by atoms with Gasteiger partial charge in [-0.15, -0.1) is 11.6 Å². The summed E-state index contributed by atoms with van der Waals surface area (Å²) in [5, 5.41) is 0. The minimum atomic E-state index is 0.762. The second-order valence-corrected chi connectivity index (χ2v) is 5.26. The van der Waals surface area contributed by atoms with E-state index in [0.29, 0.717) is 0 Å². The smallest absolute Gasteiger partial charge is 0.0223 e. The van der Waals surface area contributed by atoms with Gasteiger partial charge < -0.3 is 4.90 Å². The van der Waals surface area contributed by atoms with Gasteiger partial charge in [0.1, 0.15) is 0 Å². The maximum Gasteiger partial charge on any atom is 0.0223 e. The average molecular weight is 247 g/mol. The summed E-state index contributed by atoms with van der Waals surface area (Å²) in [5.74, 6) is 0.821. The maximum atomic E-state index is 5.67. The van der Waals surface area contributed by atoms with Gasteiger partial charge in [0.25, 0.3) is 0 Å². The Labute approximate surface area is 106 Å². The van der Waals surface area contributed by atoms with Crippen molar-refractivity contribution in [2.24, 2.45) is 0 Å². The summed E-state index contributed by atoms with van der Waals surface area (Å²) in [6, 6.07) is 0.762. The van der Waals surface area contributed by atoms with Crippen LogP contribution in [0.4, 0.5) is 0 Å². The Morgan fingerprint density at radius 3 is 2.31 bits per heavy atom. The summed E-state index contributed by atoms with van der Waals surface area (Å²) < 4.78 is 0. The van der Waals surface area contributed by atoms with Gasteiger partial charge in [-0.25, -0.2) is 0 Å². The van der Waals surface area contributed by atoms with Gasteiger partial charge in [-0.2, -0.15) is 0 Å². The molecule has 0 saturated carbocycles. The lowest BCUT2D eigenvalue weighted by molar-refractivity contribution is 0.0995. The molecule has 1 aliphatic heterocycles. The Kier molecular flexibility index (Phi) is 7.42. The standard InChI is InChI=1S/C13H27ClN2/c1-3-13(2)16-11-9-15(10-12-16)8-6-4-5-7-14/h13H,3-12H2,1-2H3. The normalized spacial score (nSPS) is 21.2. The molecule has 0 aromatic heterocycles. The number of hydrogen-bond donors (Lipinski definition) is 0. The highest BCUT2D eigenvalue weighted by atomic mass is 35.5. The summed E-state index contributed by atoms with van der Waals surface area (Å²) in [6.45, 7) is 10.9. The summed E-state index contributed by atoms with van der Waals surface area (Å²) in [6.07, 6.45) is 5.05. The molecule has 1 aliphatic rings. The molecule has 1 atom stereocenters. The first kappa shape index (κ1) is 14.3. The van der Waals surface area contributed by atoms with Crippen LogP contribution in [0.2, 0.25) is 0 Å². The molecule has 0 aliphatic carbocycles. The molecule has 1 rings (SSSR count). The first-order valence-corrected chi connectivity index (χ1v) is 7.33. The zero-order chi connectivity index (χ0) is 11.8. The molecule has 1 heterocycles. The van der Waals surface area contributed by atoms with E-state index >= 15 is 0 Å². The number of alkyl halides is 1. The minimum Gasteiger partial charge on any atom is -0.301 e. The zero-order valence-corrected chi connectivity index (χ0v) is 11.7. The molecular weight excluding hydrogens is 220 g/mol. The number of rotatable bonds is 7. The fraction of sp³-hybridized carbons (Fsp3) is 1.00. The molecule has 2 nitrogen and oxygen atoms in total. The van der Waals surface area contributed by atoms with E-state index in [4.69, 9.17) is 11.6 Å². The molecule has 0 radical (unpaired) electrons. The highest BCUT2D eigenvalue weighted by Gasteiger charge is 2.19. The Bertz CT molecular complexity index is 167. The Balaban J connectivity index is 2.07. The molecule has 0 spiro atoms. The highest BCUT2D eigenvalue weighted by Crippen LogP contribution is 2.09. The van der Waals surface area contributed by atoms with Crippen molar-refractivity contribution in [3.8, 4) is 0 Å². The number of unbranched alkanes of at least 4 members (excludes halogenated alkanes) is 2. The van der Waals surface area contributed by atoms with Crippen LogP contribution in [0.3, 0.4) is 0 Å². The molecule has 16 heavy (non-hydrogen) atoms. The molecule has 1 saturated heterocycles. The van der Waals surface area contributed by atoms with E-state index in [0.717, 1.165) is 11.9 Å². The van der Waals surface area contributed by atoms with Crippen molar-refractivity contribution in [1.29, 1.82) is 0 Å². The zero-order valence-electron chi connectivity index (χ0n) is 10.9. The van der Waals surface area contributed by atoms with Crippen molar-refractivity contribution in [3.63, 3.8) is 0 Å². The summed E-state index contributed by atoms with van der Waals surface area (Å²) in [5.41, 5.74) is 0. The molecule has 0 bridgehead atoms. The van der Waals surface area contributed by atoms with E-state index in [1.165, 1.54) is 58.4 Å². The molecule has 96 valence electrons. The van der Waals surface area contributed by atoms with Crippen LogP contribution in [0.1, 0.15) is 39.5 Å². The Morgan fingerprint density at radius 1 is 1.06 bits per heavy atom. The second kappa shape index (κ2) is 8.32. The molecule has 0 N–H and O–H groups in total. The summed E-state index contributed by atoms with van der Waals surface area (Å²) in [4.78, 5) is 5.22. The van der Waals surface area contributed by atoms with E-state index in [9.17, 15) is 0 Å². The molecule has 0 aromatic rings. The molecule has 0 amide bonds. The van der Waals surface area contributed by atoms with Crippen molar-refractivity contribution in [2.45, 2.75) is 45.6 Å². The highest BCUT2D eigenvalue weighted by molar-refractivity contribution is 6.17. The van der Waals surface area contributed by atoms with Crippen LogP contribution in [0.25, 0.3) is 0 Å². The lowest BCUT2D eigenvalue weighted by atomic mass is 10.2. The SMILES string of the molecule is CCC(C)N1CCN(CCCCCCl)CC1. The minimum absolute atomic E-state index is 0.762. The van der Waals surface area contributed by atoms with E-state index < -0.39 is 0 Å². The van der Waals surface area contributed by atoms with Gasteiger partial charge in [0.15, 0.2) is 0 Å². The molecule has 0 aromatic carbocycles. The van der Waals surface area contributed by atoms with E-state index in [1.807, 2.05) is 0 Å². The van der Waals surface area contributed by atoms with Gasteiger partial charge in [-0.1, -0.05) is 13.3 Å². The summed E-state index contributed by atoms with van der Waals surface area (Å²) in [7, 11) is 0. The van der Waals surface area contributed by atoms with Crippen molar-refractivity contribution in [2.75, 3.05) is 38.6 Å². The number of hydrogen-bond acceptors (Lipinski definition) is 2. The fourth-order valence-corrected chi connectivity index (χ4v) is 2.48. The predicted octanol–water partition coefficient (Wildman–Crippen LogP) is 2.81. The lowest BCUT2D eigenvalue weighted by Crippen LogP contribution is -2.49. The van der Waals surface area contributed by atoms with Crippen molar-refractivity contribution in [1.82, 2.24) is 9.80 Å². The van der Waals surface area contributed by atoms with Crippen LogP contribution < -0.4 is 0 Å². The number of piperazine rings is 1. The van der Waals surface area contributed by atoms with Crippen molar-refractivity contribution in [3.05, 3.63) is 0 Å². The van der Waals surface area contributed by atoms with Gasteiger partial charge >= 0.3 is 0 Å². The van der Waals surface area contributed by atoms with Gasteiger partial charge in [0.05, 0.1) is 0 Å².